The lowest BCUT2D eigenvalue weighted by molar-refractivity contribution is -0.139. The van der Waals surface area contributed by atoms with Crippen LogP contribution >= 0.6 is 45.2 Å². The second-order valence-corrected chi connectivity index (χ2v) is 8.01. The Bertz CT molecular complexity index is 241. The topological polar surface area (TPSA) is 37.3 Å². The molecule has 0 saturated heterocycles. The fourth-order valence-corrected chi connectivity index (χ4v) is 2.37. The minimum absolute atomic E-state index is 0.0482. The summed E-state index contributed by atoms with van der Waals surface area (Å²) in [6.07, 6.45) is 2.04. The average molecular weight is 392 g/mol. The largest absolute Gasteiger partial charge is 0.481 e. The molecule has 0 radical (unpaired) electrons. The van der Waals surface area contributed by atoms with E-state index < -0.39 is 5.97 Å². The summed E-state index contributed by atoms with van der Waals surface area (Å²) in [7, 11) is 0. The van der Waals surface area contributed by atoms with E-state index in [2.05, 4.69) is 45.2 Å². The van der Waals surface area contributed by atoms with Crippen molar-refractivity contribution in [3.05, 3.63) is 7.66 Å². The van der Waals surface area contributed by atoms with E-state index in [1.165, 1.54) is 0 Å². The molecule has 0 spiro atoms. The molecule has 0 bridgehead atoms. The van der Waals surface area contributed by atoms with Crippen molar-refractivity contribution in [2.45, 2.75) is 13.8 Å². The van der Waals surface area contributed by atoms with Gasteiger partial charge in [0.15, 0.2) is 0 Å². The quantitative estimate of drug-likeness (QED) is 0.734. The van der Waals surface area contributed by atoms with Crippen LogP contribution in [0.15, 0.2) is 7.66 Å². The minimum atomic E-state index is -0.671. The van der Waals surface area contributed by atoms with Crippen molar-refractivity contribution in [3.63, 3.8) is 0 Å². The van der Waals surface area contributed by atoms with E-state index in [0.717, 1.165) is 1.59 Å². The maximum absolute atomic E-state index is 10.7. The first-order chi connectivity index (χ1) is 5.37. The number of rotatable bonds is 2. The van der Waals surface area contributed by atoms with Crippen molar-refractivity contribution in [3.8, 4) is 0 Å². The van der Waals surface area contributed by atoms with E-state index in [1.807, 2.05) is 19.9 Å². The molecular weight excluding hydrogens is 382 g/mol. The molecule has 4 heteroatoms. The Labute approximate surface area is 99.1 Å². The number of aliphatic carboxylic acids is 1. The van der Waals surface area contributed by atoms with Crippen LogP contribution in [0.4, 0.5) is 0 Å². The van der Waals surface area contributed by atoms with Crippen LogP contribution < -0.4 is 0 Å². The summed E-state index contributed by atoms with van der Waals surface area (Å²) in [5.41, 5.74) is -0.0482. The van der Waals surface area contributed by atoms with E-state index >= 15 is 0 Å². The smallest absolute Gasteiger partial charge is 0.307 e. The van der Waals surface area contributed by atoms with Crippen molar-refractivity contribution in [2.75, 3.05) is 0 Å². The highest BCUT2D eigenvalue weighted by Gasteiger charge is 2.60. The molecule has 12 heavy (non-hydrogen) atoms. The number of carboxylic acids is 1. The fraction of sp³-hybridized carbons (Fsp3) is 0.625. The molecule has 1 fully saturated rings. The van der Waals surface area contributed by atoms with Crippen LogP contribution in [0, 0.1) is 17.3 Å². The zero-order valence-electron chi connectivity index (χ0n) is 6.84. The average Bonchev–Trinajstić information content (AvgIpc) is 2.32. The minimum Gasteiger partial charge on any atom is -0.481 e. The Balaban J connectivity index is 2.73. The maximum atomic E-state index is 10.7. The predicted octanol–water partition coefficient (Wildman–Crippen LogP) is 3.05. The Kier molecular flexibility index (Phi) is 3.08. The van der Waals surface area contributed by atoms with Gasteiger partial charge in [0.1, 0.15) is 0 Å². The molecule has 0 aromatic heterocycles. The summed E-state index contributed by atoms with van der Waals surface area (Å²) in [6.45, 7) is 4.01. The lowest BCUT2D eigenvalue weighted by Crippen LogP contribution is -2.02. The number of carbonyl (C=O) groups is 1. The summed E-state index contributed by atoms with van der Waals surface area (Å²) in [4.78, 5) is 10.7. The van der Waals surface area contributed by atoms with E-state index in [-0.39, 0.29) is 17.3 Å². The third kappa shape index (κ3) is 1.94. The van der Waals surface area contributed by atoms with Crippen LogP contribution in [-0.4, -0.2) is 11.1 Å². The molecule has 2 atom stereocenters. The first-order valence-corrected chi connectivity index (χ1v) is 5.78. The Hall–Kier alpha value is 0.670. The Morgan fingerprint density at radius 2 is 2.00 bits per heavy atom. The van der Waals surface area contributed by atoms with E-state index in [0.29, 0.717) is 0 Å². The Morgan fingerprint density at radius 1 is 1.50 bits per heavy atom. The standard InChI is InChI=1S/C8H10I2O2/c1-8(2)4(3-5(9)10)6(8)7(11)12/h3-4,6H,1-2H3,(H,11,12)/t4-,6-/m0/s1. The predicted molar refractivity (Wildman–Crippen MR) is 64.5 cm³/mol. The molecule has 0 amide bonds. The summed E-state index contributed by atoms with van der Waals surface area (Å²) in [5.74, 6) is -0.633. The van der Waals surface area contributed by atoms with Gasteiger partial charge in [-0.1, -0.05) is 19.9 Å². The van der Waals surface area contributed by atoms with Gasteiger partial charge in [0.05, 0.1) is 5.92 Å². The summed E-state index contributed by atoms with van der Waals surface area (Å²) in [5, 5.41) is 8.84. The van der Waals surface area contributed by atoms with Crippen molar-refractivity contribution in [2.24, 2.45) is 17.3 Å². The normalized spacial score (nSPS) is 31.0. The van der Waals surface area contributed by atoms with Gasteiger partial charge in [-0.15, -0.1) is 0 Å². The summed E-state index contributed by atoms with van der Waals surface area (Å²) < 4.78 is 1.15. The highest BCUT2D eigenvalue weighted by Crippen LogP contribution is 2.59. The SMILES string of the molecule is CC1(C)[C@H](C(=O)O)[C@@H]1C=C(I)I. The van der Waals surface area contributed by atoms with Crippen LogP contribution in [0.5, 0.6) is 0 Å². The van der Waals surface area contributed by atoms with Gasteiger partial charge in [0, 0.05) is 1.59 Å². The number of halogens is 2. The molecule has 1 N–H and O–H groups in total. The number of carboxylic acid groups (broad SMARTS) is 1. The second kappa shape index (κ2) is 3.43. The molecule has 0 aromatic rings. The molecule has 1 rings (SSSR count). The molecule has 0 unspecified atom stereocenters. The van der Waals surface area contributed by atoms with Crippen molar-refractivity contribution in [1.29, 1.82) is 0 Å². The van der Waals surface area contributed by atoms with Gasteiger partial charge in [-0.3, -0.25) is 4.79 Å². The van der Waals surface area contributed by atoms with E-state index in [9.17, 15) is 4.79 Å². The van der Waals surface area contributed by atoms with Crippen LogP contribution in [0.25, 0.3) is 0 Å². The van der Waals surface area contributed by atoms with Crippen molar-refractivity contribution < 1.29 is 9.90 Å². The lowest BCUT2D eigenvalue weighted by atomic mass is 10.1. The molecule has 0 heterocycles. The van der Waals surface area contributed by atoms with Crippen LogP contribution in [0.2, 0.25) is 0 Å². The first-order valence-electron chi connectivity index (χ1n) is 3.63. The van der Waals surface area contributed by atoms with Gasteiger partial charge in [0.2, 0.25) is 0 Å². The van der Waals surface area contributed by atoms with E-state index in [1.54, 1.807) is 0 Å². The molecule has 1 aliphatic carbocycles. The molecule has 1 aliphatic rings. The zero-order valence-corrected chi connectivity index (χ0v) is 11.2. The molecule has 0 aromatic carbocycles. The van der Waals surface area contributed by atoms with Crippen LogP contribution in [-0.2, 0) is 4.79 Å². The molecule has 1 saturated carbocycles. The summed E-state index contributed by atoms with van der Waals surface area (Å²) >= 11 is 4.41. The fourth-order valence-electron chi connectivity index (χ4n) is 1.60. The van der Waals surface area contributed by atoms with Gasteiger partial charge in [-0.05, 0) is 56.5 Å². The summed E-state index contributed by atoms with van der Waals surface area (Å²) in [6, 6.07) is 0. The van der Waals surface area contributed by atoms with Gasteiger partial charge in [-0.2, -0.15) is 0 Å². The van der Waals surface area contributed by atoms with Crippen LogP contribution in [0.1, 0.15) is 13.8 Å². The second-order valence-electron chi connectivity index (χ2n) is 3.62. The number of hydrogen-bond acceptors (Lipinski definition) is 1. The van der Waals surface area contributed by atoms with E-state index in [4.69, 9.17) is 5.11 Å². The van der Waals surface area contributed by atoms with Crippen molar-refractivity contribution >= 4 is 51.2 Å². The van der Waals surface area contributed by atoms with Gasteiger partial charge in [0.25, 0.3) is 0 Å². The van der Waals surface area contributed by atoms with Gasteiger partial charge in [-0.25, -0.2) is 0 Å². The number of hydrogen-bond donors (Lipinski definition) is 1. The Morgan fingerprint density at radius 3 is 2.25 bits per heavy atom. The zero-order chi connectivity index (χ0) is 9.52. The third-order valence-electron chi connectivity index (χ3n) is 2.48. The molecule has 2 nitrogen and oxygen atoms in total. The van der Waals surface area contributed by atoms with Gasteiger partial charge < -0.3 is 5.11 Å². The van der Waals surface area contributed by atoms with Crippen LogP contribution in [0.3, 0.4) is 0 Å². The molecule has 68 valence electrons. The highest BCUT2D eigenvalue weighted by molar-refractivity contribution is 14.2. The lowest BCUT2D eigenvalue weighted by Gasteiger charge is -1.96. The number of allylic oxidation sites excluding steroid dienone is 1. The van der Waals surface area contributed by atoms with Crippen molar-refractivity contribution in [1.82, 2.24) is 0 Å². The maximum Gasteiger partial charge on any atom is 0.307 e. The first kappa shape index (κ1) is 10.7. The molecule has 0 aliphatic heterocycles. The van der Waals surface area contributed by atoms with Gasteiger partial charge >= 0.3 is 5.97 Å². The third-order valence-corrected chi connectivity index (χ3v) is 3.20. The monoisotopic (exact) mass is 392 g/mol. The molecular formula is C8H10I2O2. The highest BCUT2D eigenvalue weighted by atomic mass is 127.